The number of aryl methyl sites for hydroxylation is 1. The lowest BCUT2D eigenvalue weighted by atomic mass is 9.94. The molecule has 1 aliphatic rings. The molecule has 2 heterocycles. The summed E-state index contributed by atoms with van der Waals surface area (Å²) in [4.78, 5) is 29.2. The van der Waals surface area contributed by atoms with Crippen molar-refractivity contribution in [2.24, 2.45) is 5.73 Å². The van der Waals surface area contributed by atoms with Crippen molar-refractivity contribution in [2.75, 3.05) is 26.7 Å². The van der Waals surface area contributed by atoms with E-state index in [1.54, 1.807) is 0 Å². The molecule has 1 fully saturated rings. The Morgan fingerprint density at radius 2 is 2.27 bits per heavy atom. The number of likely N-dealkylation sites (tertiary alicyclic amines) is 1. The van der Waals surface area contributed by atoms with Gasteiger partial charge < -0.3 is 16.0 Å². The number of nitrogens with one attached hydrogen (secondary N) is 1. The predicted molar refractivity (Wildman–Crippen MR) is 84.2 cm³/mol. The van der Waals surface area contributed by atoms with Crippen LogP contribution in [0.15, 0.2) is 18.2 Å². The molecule has 0 aromatic carbocycles. The average molecular weight is 304 g/mol. The molecular formula is C16H24N4O2. The first-order valence-electron chi connectivity index (χ1n) is 7.74. The highest BCUT2D eigenvalue weighted by atomic mass is 16.2. The Morgan fingerprint density at radius 1 is 1.45 bits per heavy atom. The maximum atomic E-state index is 11.6. The van der Waals surface area contributed by atoms with Crippen molar-refractivity contribution in [1.82, 2.24) is 15.2 Å². The predicted octanol–water partition coefficient (Wildman–Crippen LogP) is 0.425. The van der Waals surface area contributed by atoms with E-state index in [0.29, 0.717) is 18.8 Å². The molecule has 6 heteroatoms. The molecule has 0 radical (unpaired) electrons. The van der Waals surface area contributed by atoms with E-state index in [1.165, 1.54) is 12.8 Å². The number of aromatic nitrogens is 1. The monoisotopic (exact) mass is 304 g/mol. The van der Waals surface area contributed by atoms with Crippen molar-refractivity contribution in [2.45, 2.75) is 31.6 Å². The molecule has 22 heavy (non-hydrogen) atoms. The van der Waals surface area contributed by atoms with Gasteiger partial charge in [-0.15, -0.1) is 0 Å². The van der Waals surface area contributed by atoms with Crippen molar-refractivity contribution >= 4 is 11.8 Å². The molecule has 0 aliphatic carbocycles. The molecule has 1 saturated heterocycles. The summed E-state index contributed by atoms with van der Waals surface area (Å²) < 4.78 is 0. The first-order chi connectivity index (χ1) is 10.5. The largest absolute Gasteiger partial charge is 0.368 e. The van der Waals surface area contributed by atoms with Gasteiger partial charge in [0.25, 0.3) is 0 Å². The minimum atomic E-state index is -0.533. The van der Waals surface area contributed by atoms with Crippen LogP contribution in [0, 0.1) is 0 Å². The van der Waals surface area contributed by atoms with Gasteiger partial charge in [-0.25, -0.2) is 0 Å². The second-order valence-corrected chi connectivity index (χ2v) is 5.90. The Hall–Kier alpha value is -1.95. The Labute approximate surface area is 131 Å². The van der Waals surface area contributed by atoms with Gasteiger partial charge in [0.05, 0.1) is 6.54 Å². The number of nitrogens with two attached hydrogens (primary N) is 1. The molecular weight excluding hydrogens is 280 g/mol. The molecule has 2 amide bonds. The number of carbonyl (C=O) groups is 2. The molecule has 1 aromatic heterocycles. The molecule has 1 unspecified atom stereocenters. The smallest absolute Gasteiger partial charge is 0.236 e. The minimum Gasteiger partial charge on any atom is -0.368 e. The first-order valence-corrected chi connectivity index (χ1v) is 7.74. The molecule has 2 rings (SSSR count). The molecule has 6 nitrogen and oxygen atoms in total. The second kappa shape index (κ2) is 7.89. The molecule has 1 aromatic rings. The van der Waals surface area contributed by atoms with E-state index in [-0.39, 0.29) is 12.5 Å². The van der Waals surface area contributed by atoms with Crippen molar-refractivity contribution in [3.63, 3.8) is 0 Å². The van der Waals surface area contributed by atoms with Gasteiger partial charge in [-0.1, -0.05) is 6.07 Å². The van der Waals surface area contributed by atoms with Crippen LogP contribution in [0.1, 0.15) is 36.6 Å². The first kappa shape index (κ1) is 16.4. The van der Waals surface area contributed by atoms with Crippen LogP contribution in [-0.2, 0) is 16.0 Å². The zero-order valence-corrected chi connectivity index (χ0v) is 13.0. The van der Waals surface area contributed by atoms with Crippen LogP contribution in [0.3, 0.4) is 0 Å². The molecule has 0 spiro atoms. The summed E-state index contributed by atoms with van der Waals surface area (Å²) in [5, 5.41) is 2.49. The van der Waals surface area contributed by atoms with Crippen molar-refractivity contribution in [1.29, 1.82) is 0 Å². The summed E-state index contributed by atoms with van der Waals surface area (Å²) in [6.45, 7) is 2.08. The van der Waals surface area contributed by atoms with Crippen molar-refractivity contribution < 1.29 is 9.59 Å². The number of amides is 2. The van der Waals surface area contributed by atoms with Crippen LogP contribution in [0.2, 0.25) is 0 Å². The SMILES string of the molecule is CN1CCCC(c2cccc(CCC(=O)NCC(N)=O)n2)C1. The van der Waals surface area contributed by atoms with Gasteiger partial charge in [0.2, 0.25) is 11.8 Å². The third-order valence-corrected chi connectivity index (χ3v) is 3.94. The summed E-state index contributed by atoms with van der Waals surface area (Å²) in [7, 11) is 2.14. The van der Waals surface area contributed by atoms with Crippen LogP contribution >= 0.6 is 0 Å². The van der Waals surface area contributed by atoms with Crippen LogP contribution in [0.4, 0.5) is 0 Å². The number of pyridine rings is 1. The Bertz CT molecular complexity index is 533. The molecule has 3 N–H and O–H groups in total. The number of piperidine rings is 1. The molecule has 0 bridgehead atoms. The molecule has 1 atom stereocenters. The van der Waals surface area contributed by atoms with Gasteiger partial charge in [-0.05, 0) is 45.0 Å². The van der Waals surface area contributed by atoms with E-state index < -0.39 is 5.91 Å². The third kappa shape index (κ3) is 5.11. The lowest BCUT2D eigenvalue weighted by Gasteiger charge is -2.29. The van der Waals surface area contributed by atoms with Crippen molar-refractivity contribution in [3.8, 4) is 0 Å². The van der Waals surface area contributed by atoms with E-state index in [2.05, 4.69) is 23.3 Å². The van der Waals surface area contributed by atoms with E-state index in [1.807, 2.05) is 12.1 Å². The summed E-state index contributed by atoms with van der Waals surface area (Å²) in [6, 6.07) is 6.02. The fraction of sp³-hybridized carbons (Fsp3) is 0.562. The van der Waals surface area contributed by atoms with E-state index in [9.17, 15) is 9.59 Å². The maximum Gasteiger partial charge on any atom is 0.236 e. The lowest BCUT2D eigenvalue weighted by Crippen LogP contribution is -2.33. The summed E-state index contributed by atoms with van der Waals surface area (Å²) >= 11 is 0. The van der Waals surface area contributed by atoms with Gasteiger partial charge in [-0.2, -0.15) is 0 Å². The highest BCUT2D eigenvalue weighted by molar-refractivity contribution is 5.83. The van der Waals surface area contributed by atoms with Gasteiger partial charge >= 0.3 is 0 Å². The third-order valence-electron chi connectivity index (χ3n) is 3.94. The summed E-state index contributed by atoms with van der Waals surface area (Å²) in [5.41, 5.74) is 7.02. The maximum absolute atomic E-state index is 11.6. The van der Waals surface area contributed by atoms with Gasteiger partial charge in [-0.3, -0.25) is 14.6 Å². The number of hydrogen-bond acceptors (Lipinski definition) is 4. The van der Waals surface area contributed by atoms with Crippen LogP contribution in [-0.4, -0.2) is 48.4 Å². The standard InChI is InChI=1S/C16H24N4O2/c1-20-9-3-4-12(11-20)14-6-2-5-13(19-14)7-8-16(22)18-10-15(17)21/h2,5-6,12H,3-4,7-11H2,1H3,(H2,17,21)(H,18,22). The van der Waals surface area contributed by atoms with Crippen molar-refractivity contribution in [3.05, 3.63) is 29.6 Å². The quantitative estimate of drug-likeness (QED) is 0.797. The number of nitrogens with zero attached hydrogens (tertiary/aromatic N) is 2. The minimum absolute atomic E-state index is 0.110. The zero-order chi connectivity index (χ0) is 15.9. The lowest BCUT2D eigenvalue weighted by molar-refractivity contribution is -0.124. The topological polar surface area (TPSA) is 88.3 Å². The van der Waals surface area contributed by atoms with Gasteiger partial charge in [0.15, 0.2) is 0 Å². The number of rotatable bonds is 6. The Kier molecular flexibility index (Phi) is 5.89. The van der Waals surface area contributed by atoms with E-state index in [0.717, 1.165) is 24.5 Å². The van der Waals surface area contributed by atoms with Gasteiger partial charge in [0.1, 0.15) is 0 Å². The van der Waals surface area contributed by atoms with Crippen LogP contribution in [0.5, 0.6) is 0 Å². The summed E-state index contributed by atoms with van der Waals surface area (Å²) in [5.74, 6) is -0.235. The average Bonchev–Trinajstić information content (AvgIpc) is 2.51. The highest BCUT2D eigenvalue weighted by Gasteiger charge is 2.20. The van der Waals surface area contributed by atoms with Crippen LogP contribution in [0.25, 0.3) is 0 Å². The normalized spacial score (nSPS) is 18.9. The number of primary amides is 1. The fourth-order valence-electron chi connectivity index (χ4n) is 2.79. The Balaban J connectivity index is 1.88. The number of hydrogen-bond donors (Lipinski definition) is 2. The number of likely N-dealkylation sites (N-methyl/N-ethyl adjacent to an activating group) is 1. The highest BCUT2D eigenvalue weighted by Crippen LogP contribution is 2.24. The second-order valence-electron chi connectivity index (χ2n) is 5.90. The van der Waals surface area contributed by atoms with Crippen LogP contribution < -0.4 is 11.1 Å². The number of carbonyl (C=O) groups excluding carboxylic acids is 2. The molecule has 0 saturated carbocycles. The fourth-order valence-corrected chi connectivity index (χ4v) is 2.79. The zero-order valence-electron chi connectivity index (χ0n) is 13.0. The van der Waals surface area contributed by atoms with E-state index in [4.69, 9.17) is 10.7 Å². The molecule has 1 aliphatic heterocycles. The van der Waals surface area contributed by atoms with E-state index >= 15 is 0 Å². The van der Waals surface area contributed by atoms with Gasteiger partial charge in [0, 0.05) is 30.3 Å². The Morgan fingerprint density at radius 3 is 3.00 bits per heavy atom. The molecule has 120 valence electrons. The summed E-state index contributed by atoms with van der Waals surface area (Å²) in [6.07, 6.45) is 3.25.